The first-order valence-corrected chi connectivity index (χ1v) is 32.0. The van der Waals surface area contributed by atoms with E-state index in [1.165, 1.54) is 279 Å². The van der Waals surface area contributed by atoms with Crippen LogP contribution in [0.4, 0.5) is 0 Å². The van der Waals surface area contributed by atoms with Gasteiger partial charge >= 0.3 is 0 Å². The minimum Gasteiger partial charge on any atom is -1.00 e. The first-order valence-electron chi connectivity index (χ1n) is 30.0. The molecule has 0 saturated carbocycles. The van der Waals surface area contributed by atoms with Crippen LogP contribution in [0.2, 0.25) is 0 Å². The van der Waals surface area contributed by atoms with Crippen molar-refractivity contribution in [3.63, 3.8) is 0 Å². The van der Waals surface area contributed by atoms with E-state index in [-0.39, 0.29) is 17.0 Å². The third kappa shape index (κ3) is 33.3. The second kappa shape index (κ2) is 48.8. The molecule has 0 fully saturated rings. The van der Waals surface area contributed by atoms with Gasteiger partial charge in [0.25, 0.3) is 0 Å². The summed E-state index contributed by atoms with van der Waals surface area (Å²) in [7, 11) is -1.67. The normalized spacial score (nSPS) is 12.1. The highest BCUT2D eigenvalue weighted by Crippen LogP contribution is 2.56. The Balaban J connectivity index is 0.0000168. The van der Waals surface area contributed by atoms with Crippen LogP contribution in [0, 0.1) is 0 Å². The van der Waals surface area contributed by atoms with Gasteiger partial charge in [0.1, 0.15) is 23.2 Å². The molecular formula is C68H108BrP. The predicted octanol–water partition coefficient (Wildman–Crippen LogP) is 18.8. The molecule has 0 aromatic heterocycles. The molecular weight excluding hydrogens is 928 g/mol. The molecule has 0 spiro atoms. The topological polar surface area (TPSA) is 0 Å². The number of rotatable bonds is 48. The van der Waals surface area contributed by atoms with Gasteiger partial charge in [-0.05, 0) is 146 Å². The van der Waals surface area contributed by atoms with Crippen LogP contribution in [-0.4, -0.2) is 6.16 Å². The standard InChI is InChI=1S/C68H108P.BrH/c1-2-3-4-5-6-7-8-9-10-11-12-13-14-15-16-17-18-19-20-21-22-23-24-25-26-27-28-29-30-31-32-33-34-35-36-37-38-39-40-41-42-43-44-45-46-47-48-58-65-69(66-59-52-49-53-60-66,67-61-54-50-55-62-67)68-63-56-51-57-64-68;/h2-3,14-15,26-27,38-39,49-57,59-64H,4-13,16-25,28-37,40-48,58,65H2,1H3;1H/q+1;/p-1/b3-2+,15-14+,27-26+,39-38+;. The smallest absolute Gasteiger partial charge is 0.112 e. The summed E-state index contributed by atoms with van der Waals surface area (Å²) >= 11 is 0. The molecule has 0 aliphatic heterocycles. The molecule has 0 unspecified atom stereocenters. The molecule has 0 N–H and O–H groups in total. The van der Waals surface area contributed by atoms with Gasteiger partial charge in [0.05, 0.1) is 6.16 Å². The van der Waals surface area contributed by atoms with E-state index in [1.54, 1.807) is 0 Å². The van der Waals surface area contributed by atoms with Crippen molar-refractivity contribution in [1.82, 2.24) is 0 Å². The van der Waals surface area contributed by atoms with Crippen molar-refractivity contribution in [2.75, 3.05) is 6.16 Å². The van der Waals surface area contributed by atoms with Crippen LogP contribution in [0.25, 0.3) is 0 Å². The number of unbranched alkanes of at least 4 members (excludes halogenated alkanes) is 36. The minimum absolute atomic E-state index is 0. The van der Waals surface area contributed by atoms with Gasteiger partial charge in [0.2, 0.25) is 0 Å². The van der Waals surface area contributed by atoms with Crippen LogP contribution in [0.3, 0.4) is 0 Å². The highest BCUT2D eigenvalue weighted by molar-refractivity contribution is 7.95. The number of allylic oxidation sites excluding steroid dienone is 8. The first kappa shape index (κ1) is 63.6. The largest absolute Gasteiger partial charge is 1.00 e. The van der Waals surface area contributed by atoms with E-state index < -0.39 is 7.26 Å². The van der Waals surface area contributed by atoms with Gasteiger partial charge in [0, 0.05) is 0 Å². The van der Waals surface area contributed by atoms with Crippen LogP contribution in [-0.2, 0) is 0 Å². The van der Waals surface area contributed by atoms with Crippen molar-refractivity contribution in [2.45, 2.75) is 264 Å². The Hall–Kier alpha value is -2.47. The number of benzene rings is 3. The lowest BCUT2D eigenvalue weighted by Gasteiger charge is -2.27. The van der Waals surface area contributed by atoms with Crippen molar-refractivity contribution in [1.29, 1.82) is 0 Å². The van der Waals surface area contributed by atoms with Crippen LogP contribution in [0.15, 0.2) is 140 Å². The monoisotopic (exact) mass is 1030 g/mol. The molecule has 2 heteroatoms. The van der Waals surface area contributed by atoms with Crippen LogP contribution < -0.4 is 32.9 Å². The summed E-state index contributed by atoms with van der Waals surface area (Å²) in [5.41, 5.74) is 0. The number of halogens is 1. The zero-order valence-corrected chi connectivity index (χ0v) is 48.1. The molecule has 70 heavy (non-hydrogen) atoms. The highest BCUT2D eigenvalue weighted by atomic mass is 79.9. The van der Waals surface area contributed by atoms with Crippen molar-refractivity contribution in [3.8, 4) is 0 Å². The lowest BCUT2D eigenvalue weighted by Crippen LogP contribution is -3.00. The van der Waals surface area contributed by atoms with E-state index in [0.717, 1.165) is 0 Å². The van der Waals surface area contributed by atoms with Gasteiger partial charge in [-0.25, -0.2) is 0 Å². The maximum absolute atomic E-state index is 2.47. The highest BCUT2D eigenvalue weighted by Gasteiger charge is 2.44. The SMILES string of the molecule is C/C=C/CCCCCCCCCC/C=C/CCCCCCCCCC/C=C/CCCCCCCCCC/C=C/CCCCCCCCCCC[P+](c1ccccc1)(c1ccccc1)c1ccccc1.[Br-]. The van der Waals surface area contributed by atoms with Crippen molar-refractivity contribution >= 4 is 23.2 Å². The first-order chi connectivity index (χ1) is 34.4. The second-order valence-electron chi connectivity index (χ2n) is 20.7. The molecule has 0 aliphatic rings. The Kier molecular flexibility index (Phi) is 44.4. The number of hydrogen-bond donors (Lipinski definition) is 0. The Labute approximate surface area is 447 Å². The number of hydrogen-bond acceptors (Lipinski definition) is 0. The zero-order chi connectivity index (χ0) is 48.5. The van der Waals surface area contributed by atoms with E-state index in [2.05, 4.69) is 147 Å². The summed E-state index contributed by atoms with van der Waals surface area (Å²) in [6.07, 6.45) is 76.1. The van der Waals surface area contributed by atoms with E-state index in [1.807, 2.05) is 0 Å². The average Bonchev–Trinajstić information content (AvgIpc) is 3.39. The maximum Gasteiger partial charge on any atom is 0.112 e. The van der Waals surface area contributed by atoms with E-state index in [0.29, 0.717) is 0 Å². The molecule has 3 aromatic carbocycles. The Bertz CT molecular complexity index is 1530. The summed E-state index contributed by atoms with van der Waals surface area (Å²) in [6, 6.07) is 34.2. The Morgan fingerprint density at radius 2 is 0.429 bits per heavy atom. The summed E-state index contributed by atoms with van der Waals surface area (Å²) in [5, 5.41) is 4.56. The molecule has 0 amide bonds. The molecule has 3 aromatic rings. The molecule has 3 rings (SSSR count). The Morgan fingerprint density at radius 1 is 0.243 bits per heavy atom. The molecule has 0 heterocycles. The maximum atomic E-state index is 2.47. The van der Waals surface area contributed by atoms with Gasteiger partial charge < -0.3 is 17.0 Å². The predicted molar refractivity (Wildman–Crippen MR) is 317 cm³/mol. The molecule has 392 valence electrons. The molecule has 0 radical (unpaired) electrons. The van der Waals surface area contributed by atoms with Crippen molar-refractivity contribution < 1.29 is 17.0 Å². The molecule has 0 saturated heterocycles. The van der Waals surface area contributed by atoms with Gasteiger partial charge in [-0.15, -0.1) is 0 Å². The van der Waals surface area contributed by atoms with Gasteiger partial charge in [0.15, 0.2) is 0 Å². The van der Waals surface area contributed by atoms with E-state index in [4.69, 9.17) is 0 Å². The third-order valence-electron chi connectivity index (χ3n) is 14.7. The van der Waals surface area contributed by atoms with Crippen LogP contribution >= 0.6 is 7.26 Å². The van der Waals surface area contributed by atoms with Crippen LogP contribution in [0.1, 0.15) is 264 Å². The molecule has 0 aliphatic carbocycles. The summed E-state index contributed by atoms with van der Waals surface area (Å²) < 4.78 is 0. The zero-order valence-electron chi connectivity index (χ0n) is 45.6. The quantitative estimate of drug-likeness (QED) is 0.0300. The third-order valence-corrected chi connectivity index (χ3v) is 19.2. The van der Waals surface area contributed by atoms with Crippen molar-refractivity contribution in [3.05, 3.63) is 140 Å². The van der Waals surface area contributed by atoms with Gasteiger partial charge in [-0.2, -0.15) is 0 Å². The molecule has 0 bridgehead atoms. The molecule has 0 atom stereocenters. The Morgan fingerprint density at radius 3 is 0.643 bits per heavy atom. The molecule has 0 nitrogen and oxygen atoms in total. The average molecular weight is 1040 g/mol. The summed E-state index contributed by atoms with van der Waals surface area (Å²) in [4.78, 5) is 0. The fourth-order valence-electron chi connectivity index (χ4n) is 10.4. The summed E-state index contributed by atoms with van der Waals surface area (Å²) in [5.74, 6) is 0. The summed E-state index contributed by atoms with van der Waals surface area (Å²) in [6.45, 7) is 2.13. The van der Waals surface area contributed by atoms with Gasteiger partial charge in [-0.1, -0.05) is 257 Å². The van der Waals surface area contributed by atoms with E-state index in [9.17, 15) is 0 Å². The van der Waals surface area contributed by atoms with Crippen molar-refractivity contribution in [2.24, 2.45) is 0 Å². The lowest BCUT2D eigenvalue weighted by atomic mass is 10.0. The van der Waals surface area contributed by atoms with Gasteiger partial charge in [-0.3, -0.25) is 0 Å². The fraction of sp³-hybridized carbons (Fsp3) is 0.618. The lowest BCUT2D eigenvalue weighted by molar-refractivity contribution is -0.0000144. The second-order valence-corrected chi connectivity index (χ2v) is 24.3. The van der Waals surface area contributed by atoms with E-state index >= 15 is 0 Å². The fourth-order valence-corrected chi connectivity index (χ4v) is 14.8. The minimum atomic E-state index is -1.67. The van der Waals surface area contributed by atoms with Crippen LogP contribution in [0.5, 0.6) is 0 Å².